The highest BCUT2D eigenvalue weighted by Gasteiger charge is 2.26. The number of ether oxygens (including phenoxy) is 1. The average Bonchev–Trinajstić information content (AvgIpc) is 2.52. The number of hydrogen-bond donors (Lipinski definition) is 2. The number of rotatable bonds is 6. The van der Waals surface area contributed by atoms with Gasteiger partial charge in [-0.25, -0.2) is 4.79 Å². The van der Waals surface area contributed by atoms with Gasteiger partial charge in [0, 0.05) is 19.1 Å². The maximum absolute atomic E-state index is 12.1. The lowest BCUT2D eigenvalue weighted by molar-refractivity contribution is -0.143. The van der Waals surface area contributed by atoms with Crippen molar-refractivity contribution in [2.24, 2.45) is 5.92 Å². The summed E-state index contributed by atoms with van der Waals surface area (Å²) in [6.07, 6.45) is 2.36. The van der Waals surface area contributed by atoms with Crippen molar-refractivity contribution in [3.8, 4) is 0 Å². The van der Waals surface area contributed by atoms with Crippen LogP contribution in [0.4, 0.5) is 0 Å². The van der Waals surface area contributed by atoms with Crippen LogP contribution in [0.25, 0.3) is 0 Å². The molecule has 2 N–H and O–H groups in total. The lowest BCUT2D eigenvalue weighted by atomic mass is 9.98. The van der Waals surface area contributed by atoms with Crippen molar-refractivity contribution in [1.29, 1.82) is 0 Å². The SMILES string of the molecule is O=C(NC(CCc1ccccc1)C(=O)O)C1CCOCC1. The largest absolute Gasteiger partial charge is 0.480 e. The van der Waals surface area contributed by atoms with Crippen molar-refractivity contribution in [2.75, 3.05) is 13.2 Å². The van der Waals surface area contributed by atoms with Crippen molar-refractivity contribution in [2.45, 2.75) is 31.7 Å². The summed E-state index contributed by atoms with van der Waals surface area (Å²) < 4.78 is 5.21. The van der Waals surface area contributed by atoms with Crippen molar-refractivity contribution in [3.63, 3.8) is 0 Å². The molecule has 1 aromatic carbocycles. The molecule has 1 heterocycles. The second kappa shape index (κ2) is 7.78. The molecule has 1 saturated heterocycles. The summed E-state index contributed by atoms with van der Waals surface area (Å²) in [6, 6.07) is 8.85. The third-order valence-corrected chi connectivity index (χ3v) is 3.77. The zero-order valence-corrected chi connectivity index (χ0v) is 12.0. The second-order valence-corrected chi connectivity index (χ2v) is 5.31. The number of hydrogen-bond acceptors (Lipinski definition) is 3. The van der Waals surface area contributed by atoms with Crippen LogP contribution in [0.5, 0.6) is 0 Å². The summed E-state index contributed by atoms with van der Waals surface area (Å²) in [6.45, 7) is 1.14. The Morgan fingerprint density at radius 2 is 1.90 bits per heavy atom. The van der Waals surface area contributed by atoms with Crippen molar-refractivity contribution in [3.05, 3.63) is 35.9 Å². The van der Waals surface area contributed by atoms with Gasteiger partial charge in [0.2, 0.25) is 5.91 Å². The predicted octanol–water partition coefficient (Wildman–Crippen LogP) is 1.62. The van der Waals surface area contributed by atoms with E-state index in [1.165, 1.54) is 0 Å². The van der Waals surface area contributed by atoms with E-state index in [0.717, 1.165) is 5.56 Å². The van der Waals surface area contributed by atoms with Crippen LogP contribution in [-0.4, -0.2) is 36.2 Å². The number of amides is 1. The highest BCUT2D eigenvalue weighted by molar-refractivity contribution is 5.85. The summed E-state index contributed by atoms with van der Waals surface area (Å²) in [5.74, 6) is -1.28. The van der Waals surface area contributed by atoms with Crippen molar-refractivity contribution < 1.29 is 19.4 Å². The summed E-state index contributed by atoms with van der Waals surface area (Å²) in [5.41, 5.74) is 1.07. The Hall–Kier alpha value is -1.88. The van der Waals surface area contributed by atoms with Gasteiger partial charge in [-0.2, -0.15) is 0 Å². The molecule has 0 spiro atoms. The molecule has 1 aromatic rings. The van der Waals surface area contributed by atoms with Gasteiger partial charge >= 0.3 is 5.97 Å². The normalized spacial score (nSPS) is 17.1. The molecule has 1 aliphatic heterocycles. The first-order valence-corrected chi connectivity index (χ1v) is 7.31. The van der Waals surface area contributed by atoms with E-state index < -0.39 is 12.0 Å². The zero-order chi connectivity index (χ0) is 15.1. The van der Waals surface area contributed by atoms with Crippen LogP contribution < -0.4 is 5.32 Å². The molecule has 114 valence electrons. The Balaban J connectivity index is 1.86. The fourth-order valence-corrected chi connectivity index (χ4v) is 2.46. The lowest BCUT2D eigenvalue weighted by Gasteiger charge is -2.23. The van der Waals surface area contributed by atoms with Crippen molar-refractivity contribution in [1.82, 2.24) is 5.32 Å². The van der Waals surface area contributed by atoms with E-state index in [2.05, 4.69) is 5.32 Å². The molecule has 21 heavy (non-hydrogen) atoms. The molecule has 1 aliphatic rings. The Morgan fingerprint density at radius 1 is 1.24 bits per heavy atom. The van der Waals surface area contributed by atoms with Gasteiger partial charge in [0.15, 0.2) is 0 Å². The molecule has 1 fully saturated rings. The number of aliphatic carboxylic acids is 1. The third kappa shape index (κ3) is 4.86. The van der Waals surface area contributed by atoms with Crippen LogP contribution in [0.2, 0.25) is 0 Å². The molecule has 1 atom stereocenters. The van der Waals surface area contributed by atoms with E-state index >= 15 is 0 Å². The molecule has 0 bridgehead atoms. The van der Waals surface area contributed by atoms with Crippen LogP contribution in [0.1, 0.15) is 24.8 Å². The predicted molar refractivity (Wildman–Crippen MR) is 77.9 cm³/mol. The van der Waals surface area contributed by atoms with Gasteiger partial charge in [-0.1, -0.05) is 30.3 Å². The molecule has 0 saturated carbocycles. The maximum Gasteiger partial charge on any atom is 0.326 e. The van der Waals surface area contributed by atoms with Gasteiger partial charge in [0.05, 0.1) is 0 Å². The molecule has 0 aromatic heterocycles. The monoisotopic (exact) mass is 291 g/mol. The van der Waals surface area contributed by atoms with E-state index in [1.807, 2.05) is 30.3 Å². The van der Waals surface area contributed by atoms with Gasteiger partial charge in [0.1, 0.15) is 6.04 Å². The topological polar surface area (TPSA) is 75.6 Å². The minimum Gasteiger partial charge on any atom is -0.480 e. The summed E-state index contributed by atoms with van der Waals surface area (Å²) in [7, 11) is 0. The highest BCUT2D eigenvalue weighted by Crippen LogP contribution is 2.15. The standard InChI is InChI=1S/C16H21NO4/c18-15(13-8-10-21-11-9-13)17-14(16(19)20)7-6-12-4-2-1-3-5-12/h1-5,13-14H,6-11H2,(H,17,18)(H,19,20). The van der Waals surface area contributed by atoms with E-state index in [4.69, 9.17) is 4.74 Å². The minimum atomic E-state index is -0.980. The quantitative estimate of drug-likeness (QED) is 0.835. The lowest BCUT2D eigenvalue weighted by Crippen LogP contribution is -2.45. The van der Waals surface area contributed by atoms with E-state index in [-0.39, 0.29) is 11.8 Å². The van der Waals surface area contributed by atoms with Crippen LogP contribution in [0.3, 0.4) is 0 Å². The molecular weight excluding hydrogens is 270 g/mol. The molecular formula is C16H21NO4. The highest BCUT2D eigenvalue weighted by atomic mass is 16.5. The third-order valence-electron chi connectivity index (χ3n) is 3.77. The average molecular weight is 291 g/mol. The molecule has 1 amide bonds. The molecule has 1 unspecified atom stereocenters. The maximum atomic E-state index is 12.1. The first-order chi connectivity index (χ1) is 10.2. The number of aryl methyl sites for hydroxylation is 1. The number of carboxylic acid groups (broad SMARTS) is 1. The van der Waals surface area contributed by atoms with Gasteiger partial charge in [0.25, 0.3) is 0 Å². The van der Waals surface area contributed by atoms with Gasteiger partial charge in [-0.3, -0.25) is 4.79 Å². The number of carboxylic acids is 1. The van der Waals surface area contributed by atoms with Gasteiger partial charge in [-0.05, 0) is 31.2 Å². The van der Waals surface area contributed by atoms with Gasteiger partial charge < -0.3 is 15.2 Å². The summed E-state index contributed by atoms with van der Waals surface area (Å²) in [4.78, 5) is 23.4. The number of benzene rings is 1. The second-order valence-electron chi connectivity index (χ2n) is 5.31. The first kappa shape index (κ1) is 15.5. The molecule has 5 nitrogen and oxygen atoms in total. The molecule has 0 radical (unpaired) electrons. The minimum absolute atomic E-state index is 0.127. The number of carbonyl (C=O) groups is 2. The van der Waals surface area contributed by atoms with E-state index in [1.54, 1.807) is 0 Å². The van der Waals surface area contributed by atoms with Crippen LogP contribution >= 0.6 is 0 Å². The molecule has 2 rings (SSSR count). The summed E-state index contributed by atoms with van der Waals surface area (Å²) >= 11 is 0. The van der Waals surface area contributed by atoms with Crippen LogP contribution in [0, 0.1) is 5.92 Å². The molecule has 0 aliphatic carbocycles. The number of carbonyl (C=O) groups excluding carboxylic acids is 1. The Bertz CT molecular complexity index is 468. The van der Waals surface area contributed by atoms with E-state index in [9.17, 15) is 14.7 Å². The first-order valence-electron chi connectivity index (χ1n) is 7.31. The van der Waals surface area contributed by atoms with Crippen LogP contribution in [-0.2, 0) is 20.7 Å². The van der Waals surface area contributed by atoms with Crippen molar-refractivity contribution >= 4 is 11.9 Å². The fourth-order valence-electron chi connectivity index (χ4n) is 2.46. The Kier molecular flexibility index (Phi) is 5.75. The Morgan fingerprint density at radius 3 is 2.52 bits per heavy atom. The number of nitrogens with one attached hydrogen (secondary N) is 1. The zero-order valence-electron chi connectivity index (χ0n) is 12.0. The molecule has 5 heteroatoms. The fraction of sp³-hybridized carbons (Fsp3) is 0.500. The van der Waals surface area contributed by atoms with Crippen LogP contribution in [0.15, 0.2) is 30.3 Å². The Labute approximate surface area is 124 Å². The van der Waals surface area contributed by atoms with E-state index in [0.29, 0.717) is 38.9 Å². The smallest absolute Gasteiger partial charge is 0.326 e. The summed E-state index contributed by atoms with van der Waals surface area (Å²) in [5, 5.41) is 11.9. The van der Waals surface area contributed by atoms with Gasteiger partial charge in [-0.15, -0.1) is 0 Å².